The molecule has 9 heteroatoms. The number of nitrogens with one attached hydrogen (secondary N) is 1. The average Bonchev–Trinajstić information content (AvgIpc) is 2.15. The molecule has 2 N–H and O–H groups in total. The van der Waals surface area contributed by atoms with Crippen molar-refractivity contribution in [3.05, 3.63) is 30.3 Å². The second-order valence-corrected chi connectivity index (χ2v) is 6.11. The first kappa shape index (κ1) is 13.9. The summed E-state index contributed by atoms with van der Waals surface area (Å²) in [6.07, 6.45) is 0. The summed E-state index contributed by atoms with van der Waals surface area (Å²) in [7, 11) is -8.88. The van der Waals surface area contributed by atoms with Gasteiger partial charge in [0.1, 0.15) is 0 Å². The Hall–Kier alpha value is -1.16. The van der Waals surface area contributed by atoms with Gasteiger partial charge in [0.05, 0.1) is 0 Å². The highest BCUT2D eigenvalue weighted by molar-refractivity contribution is 7.93. The highest BCUT2D eigenvalue weighted by Crippen LogP contribution is 2.12. The summed E-state index contributed by atoms with van der Waals surface area (Å²) in [6, 6.07) is 7.86. The summed E-state index contributed by atoms with van der Waals surface area (Å²) in [4.78, 5) is 0. The maximum absolute atomic E-state index is 11.6. The third-order valence-electron chi connectivity index (χ3n) is 1.73. The average molecular weight is 281 g/mol. The van der Waals surface area contributed by atoms with E-state index < -0.39 is 25.9 Å². The van der Waals surface area contributed by atoms with Crippen LogP contribution in [0.15, 0.2) is 30.3 Å². The van der Waals surface area contributed by atoms with Crippen LogP contribution in [0.5, 0.6) is 0 Å². The lowest BCUT2D eigenvalue weighted by Crippen LogP contribution is -2.29. The summed E-state index contributed by atoms with van der Waals surface area (Å²) in [6.45, 7) is 0.985. The molecule has 1 rings (SSSR count). The zero-order valence-corrected chi connectivity index (χ0v) is 10.4. The molecular weight excluding hydrogens is 270 g/mol. The fraction of sp³-hybridized carbons (Fsp3) is 0.250. The molecule has 0 amide bonds. The van der Waals surface area contributed by atoms with Crippen LogP contribution >= 0.6 is 0 Å². The van der Waals surface area contributed by atoms with E-state index in [0.29, 0.717) is 0 Å². The van der Waals surface area contributed by atoms with E-state index in [1.54, 1.807) is 18.2 Å². The normalized spacial score (nSPS) is 14.2. The van der Waals surface area contributed by atoms with E-state index in [9.17, 15) is 16.8 Å². The van der Waals surface area contributed by atoms with Crippen LogP contribution in [0.3, 0.4) is 0 Å². The van der Waals surface area contributed by atoms with Gasteiger partial charge < -0.3 is 0 Å². The Bertz CT molecular complexity index is 565. The zero-order valence-electron chi connectivity index (χ0n) is 8.77. The van der Waals surface area contributed by atoms with Gasteiger partial charge in [0.25, 0.3) is 10.0 Å². The van der Waals surface area contributed by atoms with Crippen LogP contribution in [0, 0.1) is 0 Å². The molecule has 0 aliphatic heterocycles. The molecule has 1 aromatic rings. The van der Waals surface area contributed by atoms with Crippen LogP contribution in [0.1, 0.15) is 6.92 Å². The molecule has 0 aliphatic rings. The van der Waals surface area contributed by atoms with E-state index in [1.807, 2.05) is 0 Å². The molecule has 0 heterocycles. The lowest BCUT2D eigenvalue weighted by Gasteiger charge is -2.13. The molecule has 1 aromatic carbocycles. The number of rotatable bonds is 5. The number of hydrogen-bond acceptors (Lipinski definition) is 5. The summed E-state index contributed by atoms with van der Waals surface area (Å²) in [5.41, 5.74) is -1.48. The molecule has 0 fully saturated rings. The van der Waals surface area contributed by atoms with Gasteiger partial charge in [-0.3, -0.25) is 9.27 Å². The maximum Gasteiger partial charge on any atom is 0.398 e. The van der Waals surface area contributed by atoms with Crippen LogP contribution in [0.25, 0.3) is 0 Å². The van der Waals surface area contributed by atoms with Gasteiger partial charge in [-0.1, -0.05) is 18.2 Å². The second kappa shape index (κ2) is 5.00. The van der Waals surface area contributed by atoms with Crippen molar-refractivity contribution in [1.82, 2.24) is 0 Å². The van der Waals surface area contributed by atoms with E-state index in [-0.39, 0.29) is 5.69 Å². The van der Waals surface area contributed by atoms with Crippen molar-refractivity contribution in [2.24, 2.45) is 0 Å². The molecule has 96 valence electrons. The topological polar surface area (TPSA) is 110 Å². The predicted molar refractivity (Wildman–Crippen MR) is 61.1 cm³/mol. The lowest BCUT2D eigenvalue weighted by atomic mass is 10.3. The fourth-order valence-corrected chi connectivity index (χ4v) is 2.66. The predicted octanol–water partition coefficient (Wildman–Crippen LogP) is 0.594. The van der Waals surface area contributed by atoms with E-state index >= 15 is 0 Å². The Morgan fingerprint density at radius 3 is 2.18 bits per heavy atom. The molecule has 0 saturated heterocycles. The number of hydrogen-bond donors (Lipinski definition) is 2. The minimum atomic E-state index is -4.82. The minimum absolute atomic E-state index is 0.262. The van der Waals surface area contributed by atoms with Crippen molar-refractivity contribution in [3.63, 3.8) is 0 Å². The van der Waals surface area contributed by atoms with Crippen LogP contribution in [-0.4, -0.2) is 26.8 Å². The van der Waals surface area contributed by atoms with Crippen molar-refractivity contribution in [3.8, 4) is 0 Å². The fourth-order valence-electron chi connectivity index (χ4n) is 0.976. The van der Waals surface area contributed by atoms with Crippen molar-refractivity contribution in [2.45, 2.75) is 12.4 Å². The molecule has 0 radical (unpaired) electrons. The van der Waals surface area contributed by atoms with E-state index in [4.69, 9.17) is 4.55 Å². The minimum Gasteiger partial charge on any atom is -0.281 e. The zero-order chi connectivity index (χ0) is 13.1. The lowest BCUT2D eigenvalue weighted by molar-refractivity contribution is 0.252. The van der Waals surface area contributed by atoms with Crippen molar-refractivity contribution >= 4 is 26.1 Å². The Morgan fingerprint density at radius 1 is 1.18 bits per heavy atom. The number of anilines is 1. The van der Waals surface area contributed by atoms with Gasteiger partial charge in [-0.2, -0.15) is 8.42 Å². The van der Waals surface area contributed by atoms with Crippen LogP contribution in [-0.2, 0) is 24.6 Å². The Morgan fingerprint density at radius 2 is 1.71 bits per heavy atom. The van der Waals surface area contributed by atoms with Crippen molar-refractivity contribution in [2.75, 3.05) is 4.72 Å². The molecule has 0 spiro atoms. The maximum atomic E-state index is 11.6. The van der Waals surface area contributed by atoms with Gasteiger partial charge in [0.15, 0.2) is 5.44 Å². The van der Waals surface area contributed by atoms with Gasteiger partial charge >= 0.3 is 10.4 Å². The van der Waals surface area contributed by atoms with Gasteiger partial charge in [-0.05, 0) is 19.1 Å². The Balaban J connectivity index is 2.83. The quantitative estimate of drug-likeness (QED) is 0.764. The molecular formula is C8H11NO6S2. The van der Waals surface area contributed by atoms with Gasteiger partial charge in [-0.15, -0.1) is 0 Å². The first-order valence-corrected chi connectivity index (χ1v) is 7.34. The molecule has 0 aromatic heterocycles. The third-order valence-corrected chi connectivity index (χ3v) is 3.87. The van der Waals surface area contributed by atoms with Crippen LogP contribution in [0.2, 0.25) is 0 Å². The molecule has 1 unspecified atom stereocenters. The molecule has 17 heavy (non-hydrogen) atoms. The molecule has 0 aliphatic carbocycles. The highest BCUT2D eigenvalue weighted by atomic mass is 32.3. The van der Waals surface area contributed by atoms with Crippen molar-refractivity contribution in [1.29, 1.82) is 0 Å². The smallest absolute Gasteiger partial charge is 0.281 e. The van der Waals surface area contributed by atoms with Gasteiger partial charge in [0.2, 0.25) is 0 Å². The molecule has 0 bridgehead atoms. The van der Waals surface area contributed by atoms with Gasteiger partial charge in [-0.25, -0.2) is 12.6 Å². The van der Waals surface area contributed by atoms with Gasteiger partial charge in [0, 0.05) is 5.69 Å². The summed E-state index contributed by atoms with van der Waals surface area (Å²) in [5.74, 6) is 0. The van der Waals surface area contributed by atoms with E-state index in [2.05, 4.69) is 8.91 Å². The third kappa shape index (κ3) is 4.69. The summed E-state index contributed by atoms with van der Waals surface area (Å²) in [5, 5.41) is 0. The summed E-state index contributed by atoms with van der Waals surface area (Å²) < 4.78 is 58.3. The number of para-hydroxylation sites is 1. The summed E-state index contributed by atoms with van der Waals surface area (Å²) >= 11 is 0. The molecule has 0 saturated carbocycles. The highest BCUT2D eigenvalue weighted by Gasteiger charge is 2.26. The standard InChI is InChI=1S/C8H11NO6S2/c1-7(15-17(12,13)14)16(10,11)9-8-5-3-2-4-6-8/h2-7,9H,1H3,(H,12,13,14). The Labute approximate surface area is 99.4 Å². The Kier molecular flexibility index (Phi) is 4.09. The molecule has 7 nitrogen and oxygen atoms in total. The van der Waals surface area contributed by atoms with Crippen LogP contribution in [0.4, 0.5) is 5.69 Å². The van der Waals surface area contributed by atoms with Crippen molar-refractivity contribution < 1.29 is 25.6 Å². The largest absolute Gasteiger partial charge is 0.398 e. The first-order chi connectivity index (χ1) is 7.71. The first-order valence-electron chi connectivity index (χ1n) is 4.43. The van der Waals surface area contributed by atoms with E-state index in [0.717, 1.165) is 6.92 Å². The second-order valence-electron chi connectivity index (χ2n) is 3.10. The monoisotopic (exact) mass is 281 g/mol. The number of sulfonamides is 1. The van der Waals surface area contributed by atoms with E-state index in [1.165, 1.54) is 12.1 Å². The molecule has 1 atom stereocenters. The van der Waals surface area contributed by atoms with Crippen LogP contribution < -0.4 is 4.72 Å². The number of benzene rings is 1. The SMILES string of the molecule is CC(OS(=O)(=O)O)S(=O)(=O)Nc1ccccc1.